The number of carbonyl (C=O) groups is 1. The predicted octanol–water partition coefficient (Wildman–Crippen LogP) is 2.84. The molecule has 11 heavy (non-hydrogen) atoms. The Morgan fingerprint density at radius 1 is 1.36 bits per heavy atom. The Bertz CT molecular complexity index is 260. The summed E-state index contributed by atoms with van der Waals surface area (Å²) in [6.45, 7) is 0. The van der Waals surface area contributed by atoms with Crippen LogP contribution in [-0.4, -0.2) is 6.16 Å². The van der Waals surface area contributed by atoms with Crippen molar-refractivity contribution in [1.82, 2.24) is 0 Å². The molecule has 2 nitrogen and oxygen atoms in total. The van der Waals surface area contributed by atoms with Crippen molar-refractivity contribution < 1.29 is 9.18 Å². The minimum absolute atomic E-state index is 0.391. The van der Waals surface area contributed by atoms with Gasteiger partial charge in [0.1, 0.15) is 0 Å². The molecule has 0 saturated heterocycles. The maximum absolute atomic E-state index is 11.7. The molecule has 1 amide bonds. The van der Waals surface area contributed by atoms with E-state index in [1.807, 2.05) is 5.32 Å². The number of rotatable bonds is 1. The first-order chi connectivity index (χ1) is 5.18. The Morgan fingerprint density at radius 3 is 2.36 bits per heavy atom. The summed E-state index contributed by atoms with van der Waals surface area (Å²) in [6.07, 6.45) is -1.58. The van der Waals surface area contributed by atoms with Crippen molar-refractivity contribution in [2.45, 2.75) is 0 Å². The highest BCUT2D eigenvalue weighted by atomic mass is 35.5. The molecule has 0 aromatic heterocycles. The summed E-state index contributed by atoms with van der Waals surface area (Å²) in [6, 6.07) is 6.15. The highest BCUT2D eigenvalue weighted by molar-refractivity contribution is 6.30. The molecule has 58 valence electrons. The zero-order valence-electron chi connectivity index (χ0n) is 5.47. The third-order valence-corrected chi connectivity index (χ3v) is 1.34. The van der Waals surface area contributed by atoms with E-state index in [0.29, 0.717) is 10.7 Å². The second-order valence-electron chi connectivity index (χ2n) is 1.91. The lowest BCUT2D eigenvalue weighted by molar-refractivity contribution is 0.235. The summed E-state index contributed by atoms with van der Waals surface area (Å²) in [5.41, 5.74) is 0.391. The van der Waals surface area contributed by atoms with E-state index in [-0.39, 0.29) is 0 Å². The van der Waals surface area contributed by atoms with E-state index in [2.05, 4.69) is 0 Å². The van der Waals surface area contributed by atoms with Gasteiger partial charge in [-0.3, -0.25) is 5.32 Å². The highest BCUT2D eigenvalue weighted by Crippen LogP contribution is 2.13. The molecule has 0 fully saturated rings. The Morgan fingerprint density at radius 2 is 1.91 bits per heavy atom. The van der Waals surface area contributed by atoms with Crippen LogP contribution >= 0.6 is 11.6 Å². The van der Waals surface area contributed by atoms with Gasteiger partial charge in [-0.05, 0) is 24.3 Å². The van der Waals surface area contributed by atoms with Gasteiger partial charge in [0.05, 0.1) is 0 Å². The van der Waals surface area contributed by atoms with E-state index in [1.165, 1.54) is 12.1 Å². The van der Waals surface area contributed by atoms with Crippen LogP contribution < -0.4 is 5.32 Å². The van der Waals surface area contributed by atoms with Crippen molar-refractivity contribution in [2.24, 2.45) is 0 Å². The van der Waals surface area contributed by atoms with Gasteiger partial charge in [-0.25, -0.2) is 4.79 Å². The van der Waals surface area contributed by atoms with Gasteiger partial charge < -0.3 is 0 Å². The maximum atomic E-state index is 11.7. The van der Waals surface area contributed by atoms with Gasteiger partial charge in [0.25, 0.3) is 0 Å². The van der Waals surface area contributed by atoms with Crippen molar-refractivity contribution in [1.29, 1.82) is 0 Å². The summed E-state index contributed by atoms with van der Waals surface area (Å²) >= 11 is 5.54. The summed E-state index contributed by atoms with van der Waals surface area (Å²) in [4.78, 5) is 9.89. The number of benzene rings is 1. The van der Waals surface area contributed by atoms with Crippen LogP contribution in [0.5, 0.6) is 0 Å². The van der Waals surface area contributed by atoms with Crippen LogP contribution in [0.4, 0.5) is 14.9 Å². The van der Waals surface area contributed by atoms with Crippen LogP contribution in [0.15, 0.2) is 24.3 Å². The van der Waals surface area contributed by atoms with Gasteiger partial charge in [0.15, 0.2) is 0 Å². The molecule has 0 radical (unpaired) electrons. The van der Waals surface area contributed by atoms with E-state index >= 15 is 0 Å². The molecule has 1 aromatic carbocycles. The topological polar surface area (TPSA) is 29.1 Å². The molecule has 0 aliphatic rings. The average molecular weight is 174 g/mol. The Balaban J connectivity index is 2.74. The van der Waals surface area contributed by atoms with Gasteiger partial charge >= 0.3 is 6.16 Å². The summed E-state index contributed by atoms with van der Waals surface area (Å²) in [5, 5.41) is 2.51. The van der Waals surface area contributed by atoms with Crippen LogP contribution in [0.25, 0.3) is 0 Å². The SMILES string of the molecule is O=C(F)Nc1ccc(Cl)cc1. The van der Waals surface area contributed by atoms with E-state index in [0.717, 1.165) is 0 Å². The number of halogens is 2. The lowest BCUT2D eigenvalue weighted by Gasteiger charge is -1.97. The largest absolute Gasteiger partial charge is 0.401 e. The van der Waals surface area contributed by atoms with Crippen molar-refractivity contribution in [3.8, 4) is 0 Å². The lowest BCUT2D eigenvalue weighted by Crippen LogP contribution is -2.01. The first-order valence-corrected chi connectivity index (χ1v) is 3.28. The first kappa shape index (κ1) is 8.01. The van der Waals surface area contributed by atoms with E-state index in [9.17, 15) is 9.18 Å². The minimum Gasteiger partial charge on any atom is -0.298 e. The summed E-state index contributed by atoms with van der Waals surface area (Å²) in [7, 11) is 0. The molecule has 0 saturated carbocycles. The molecule has 0 aliphatic carbocycles. The highest BCUT2D eigenvalue weighted by Gasteiger charge is 1.96. The van der Waals surface area contributed by atoms with Gasteiger partial charge in [-0.1, -0.05) is 11.6 Å². The fourth-order valence-corrected chi connectivity index (χ4v) is 0.773. The van der Waals surface area contributed by atoms with Gasteiger partial charge in [-0.15, -0.1) is 4.39 Å². The maximum Gasteiger partial charge on any atom is 0.401 e. The molecule has 0 atom stereocenters. The first-order valence-electron chi connectivity index (χ1n) is 2.90. The molecule has 0 aliphatic heterocycles. The van der Waals surface area contributed by atoms with Crippen molar-refractivity contribution in [3.63, 3.8) is 0 Å². The van der Waals surface area contributed by atoms with Crippen LogP contribution in [0.1, 0.15) is 0 Å². The molecule has 0 spiro atoms. The van der Waals surface area contributed by atoms with E-state index < -0.39 is 6.16 Å². The number of anilines is 1. The number of amides is 1. The van der Waals surface area contributed by atoms with E-state index in [1.54, 1.807) is 12.1 Å². The fraction of sp³-hybridized carbons (Fsp3) is 0. The number of nitrogens with one attached hydrogen (secondary N) is 1. The molecule has 1 N–H and O–H groups in total. The van der Waals surface area contributed by atoms with Crippen LogP contribution in [-0.2, 0) is 0 Å². The number of carbonyl (C=O) groups excluding carboxylic acids is 1. The predicted molar refractivity (Wildman–Crippen MR) is 41.6 cm³/mol. The van der Waals surface area contributed by atoms with Crippen molar-refractivity contribution >= 4 is 23.4 Å². The molecule has 0 heterocycles. The minimum atomic E-state index is -1.58. The van der Waals surface area contributed by atoms with Crippen molar-refractivity contribution in [3.05, 3.63) is 29.3 Å². The Hall–Kier alpha value is -1.09. The third kappa shape index (κ3) is 2.55. The summed E-state index contributed by atoms with van der Waals surface area (Å²) < 4.78 is 11.7. The van der Waals surface area contributed by atoms with Crippen molar-refractivity contribution in [2.75, 3.05) is 5.32 Å². The van der Waals surface area contributed by atoms with Gasteiger partial charge in [0, 0.05) is 10.7 Å². The molecule has 4 heteroatoms. The molecular formula is C7H5ClFNO. The monoisotopic (exact) mass is 173 g/mol. The quantitative estimate of drug-likeness (QED) is 0.514. The fourth-order valence-electron chi connectivity index (χ4n) is 0.647. The standard InChI is InChI=1S/C7H5ClFNO/c8-5-1-3-6(4-2-5)10-7(9)11/h1-4H,(H,10,11). The van der Waals surface area contributed by atoms with Crippen LogP contribution in [0.2, 0.25) is 5.02 Å². The molecule has 0 bridgehead atoms. The van der Waals surface area contributed by atoms with Gasteiger partial charge in [-0.2, -0.15) is 0 Å². The smallest absolute Gasteiger partial charge is 0.298 e. The molecule has 1 rings (SSSR count). The normalized spacial score (nSPS) is 9.27. The molecule has 1 aromatic rings. The number of hydrogen-bond acceptors (Lipinski definition) is 1. The van der Waals surface area contributed by atoms with Crippen LogP contribution in [0.3, 0.4) is 0 Å². The lowest BCUT2D eigenvalue weighted by atomic mass is 10.3. The second-order valence-corrected chi connectivity index (χ2v) is 2.34. The second kappa shape index (κ2) is 3.34. The zero-order valence-corrected chi connectivity index (χ0v) is 6.23. The number of hydrogen-bond donors (Lipinski definition) is 1. The average Bonchev–Trinajstić information content (AvgIpc) is 1.93. The van der Waals surface area contributed by atoms with Gasteiger partial charge in [0.2, 0.25) is 0 Å². The Labute approximate surface area is 68.0 Å². The Kier molecular flexibility index (Phi) is 2.44. The zero-order chi connectivity index (χ0) is 8.27. The summed E-state index contributed by atoms with van der Waals surface area (Å²) in [5.74, 6) is 0. The van der Waals surface area contributed by atoms with E-state index in [4.69, 9.17) is 11.6 Å². The molecular weight excluding hydrogens is 169 g/mol. The third-order valence-electron chi connectivity index (χ3n) is 1.09. The van der Waals surface area contributed by atoms with Crippen LogP contribution in [0, 0.1) is 0 Å². The molecule has 0 unspecified atom stereocenters.